The minimum atomic E-state index is -0.150. The average Bonchev–Trinajstić information content (AvgIpc) is 3.19. The van der Waals surface area contributed by atoms with Gasteiger partial charge in [0.05, 0.1) is 31.3 Å². The Labute approximate surface area is 135 Å². The zero-order valence-corrected chi connectivity index (χ0v) is 13.4. The van der Waals surface area contributed by atoms with Crippen LogP contribution in [0, 0.1) is 6.92 Å². The molecule has 7 heteroatoms. The highest BCUT2D eigenvalue weighted by Gasteiger charge is 2.41. The Morgan fingerprint density at radius 2 is 2.22 bits per heavy atom. The number of aryl methyl sites for hydroxylation is 1. The van der Waals surface area contributed by atoms with E-state index in [0.29, 0.717) is 11.9 Å². The summed E-state index contributed by atoms with van der Waals surface area (Å²) in [5.74, 6) is 0.603. The molecule has 4 rings (SSSR count). The molecule has 1 atom stereocenters. The van der Waals surface area contributed by atoms with Crippen molar-refractivity contribution in [3.05, 3.63) is 30.0 Å². The van der Waals surface area contributed by atoms with Gasteiger partial charge in [-0.3, -0.25) is 4.90 Å². The maximum absolute atomic E-state index is 6.22. The van der Waals surface area contributed by atoms with Crippen LogP contribution in [-0.2, 0) is 11.3 Å². The lowest BCUT2D eigenvalue weighted by molar-refractivity contribution is -0.116. The van der Waals surface area contributed by atoms with Gasteiger partial charge in [-0.25, -0.2) is 0 Å². The molecule has 7 nitrogen and oxygen atoms in total. The first kappa shape index (κ1) is 14.7. The van der Waals surface area contributed by atoms with Gasteiger partial charge in [0.2, 0.25) is 5.89 Å². The number of aromatic nitrogens is 2. The molecule has 1 spiro atoms. The first-order chi connectivity index (χ1) is 11.2. The van der Waals surface area contributed by atoms with Gasteiger partial charge in [0.25, 0.3) is 0 Å². The average molecular weight is 318 g/mol. The monoisotopic (exact) mass is 318 g/mol. The van der Waals surface area contributed by atoms with Crippen LogP contribution < -0.4 is 4.90 Å². The molecule has 0 aromatic carbocycles. The molecule has 2 aliphatic rings. The normalized spacial score (nSPS) is 26.0. The summed E-state index contributed by atoms with van der Waals surface area (Å²) in [6.45, 7) is 7.09. The summed E-state index contributed by atoms with van der Waals surface area (Å²) in [5.41, 5.74) is 1.06. The van der Waals surface area contributed by atoms with Gasteiger partial charge in [-0.15, -0.1) is 5.10 Å². The van der Waals surface area contributed by atoms with Crippen molar-refractivity contribution in [3.63, 3.8) is 0 Å². The van der Waals surface area contributed by atoms with E-state index in [0.717, 1.165) is 52.2 Å². The van der Waals surface area contributed by atoms with Crippen LogP contribution in [0.15, 0.2) is 27.4 Å². The maximum Gasteiger partial charge on any atom is 0.318 e. The number of hydrogen-bond donors (Lipinski definition) is 0. The Hall–Kier alpha value is -1.86. The van der Waals surface area contributed by atoms with E-state index < -0.39 is 0 Å². The van der Waals surface area contributed by atoms with E-state index >= 15 is 0 Å². The molecule has 0 saturated carbocycles. The molecule has 0 amide bonds. The number of morpholine rings is 1. The third kappa shape index (κ3) is 3.11. The fourth-order valence-corrected chi connectivity index (χ4v) is 3.62. The molecule has 23 heavy (non-hydrogen) atoms. The number of nitrogens with zero attached hydrogens (tertiary/aromatic N) is 4. The lowest BCUT2D eigenvalue weighted by atomic mass is 9.90. The Morgan fingerprint density at radius 1 is 1.26 bits per heavy atom. The summed E-state index contributed by atoms with van der Waals surface area (Å²) in [4.78, 5) is 4.60. The molecule has 2 fully saturated rings. The molecule has 0 N–H and O–H groups in total. The summed E-state index contributed by atoms with van der Waals surface area (Å²) in [7, 11) is 0. The van der Waals surface area contributed by atoms with Crippen molar-refractivity contribution in [1.82, 2.24) is 15.1 Å². The number of rotatable bonds is 3. The number of hydrogen-bond acceptors (Lipinski definition) is 7. The van der Waals surface area contributed by atoms with Gasteiger partial charge in [0, 0.05) is 38.7 Å². The Bertz CT molecular complexity index is 638. The van der Waals surface area contributed by atoms with E-state index in [1.165, 1.54) is 5.56 Å². The minimum absolute atomic E-state index is 0.150. The van der Waals surface area contributed by atoms with Crippen molar-refractivity contribution in [1.29, 1.82) is 0 Å². The highest BCUT2D eigenvalue weighted by molar-refractivity contribution is 5.27. The van der Waals surface area contributed by atoms with E-state index in [4.69, 9.17) is 13.6 Å². The Balaban J connectivity index is 1.46. The predicted molar refractivity (Wildman–Crippen MR) is 83.2 cm³/mol. The van der Waals surface area contributed by atoms with Crippen LogP contribution in [0.3, 0.4) is 0 Å². The summed E-state index contributed by atoms with van der Waals surface area (Å²) < 4.78 is 17.0. The van der Waals surface area contributed by atoms with Crippen LogP contribution in [0.2, 0.25) is 0 Å². The Kier molecular flexibility index (Phi) is 3.82. The van der Waals surface area contributed by atoms with E-state index in [2.05, 4.69) is 20.0 Å². The van der Waals surface area contributed by atoms with Gasteiger partial charge in [-0.2, -0.15) is 0 Å². The second-order valence-corrected chi connectivity index (χ2v) is 6.50. The van der Waals surface area contributed by atoms with Crippen LogP contribution in [0.25, 0.3) is 0 Å². The van der Waals surface area contributed by atoms with Gasteiger partial charge >= 0.3 is 6.01 Å². The van der Waals surface area contributed by atoms with Crippen LogP contribution >= 0.6 is 0 Å². The van der Waals surface area contributed by atoms with Gasteiger partial charge in [0.15, 0.2) is 0 Å². The topological polar surface area (TPSA) is 67.8 Å². The molecule has 124 valence electrons. The van der Waals surface area contributed by atoms with Crippen molar-refractivity contribution in [3.8, 4) is 0 Å². The summed E-state index contributed by atoms with van der Waals surface area (Å²) in [6, 6.07) is 2.63. The zero-order chi connectivity index (χ0) is 15.7. The molecular formula is C16H22N4O3. The van der Waals surface area contributed by atoms with Crippen LogP contribution in [0.4, 0.5) is 6.01 Å². The zero-order valence-electron chi connectivity index (χ0n) is 13.4. The first-order valence-electron chi connectivity index (χ1n) is 8.15. The molecule has 0 radical (unpaired) electrons. The number of piperidine rings is 1. The van der Waals surface area contributed by atoms with E-state index in [1.807, 2.05) is 19.3 Å². The molecule has 0 unspecified atom stereocenters. The third-order valence-electron chi connectivity index (χ3n) is 4.64. The Morgan fingerprint density at radius 3 is 3.00 bits per heavy atom. The maximum atomic E-state index is 6.22. The second-order valence-electron chi connectivity index (χ2n) is 6.50. The number of furan rings is 1. The van der Waals surface area contributed by atoms with E-state index in [9.17, 15) is 0 Å². The highest BCUT2D eigenvalue weighted by Crippen LogP contribution is 2.31. The van der Waals surface area contributed by atoms with Crippen LogP contribution in [-0.4, -0.2) is 53.5 Å². The molecular weight excluding hydrogens is 296 g/mol. The quantitative estimate of drug-likeness (QED) is 0.855. The van der Waals surface area contributed by atoms with E-state index in [1.54, 1.807) is 6.26 Å². The molecule has 0 bridgehead atoms. The van der Waals surface area contributed by atoms with Crippen LogP contribution in [0.1, 0.15) is 24.3 Å². The second kappa shape index (κ2) is 5.98. The van der Waals surface area contributed by atoms with Crippen molar-refractivity contribution in [2.75, 3.05) is 37.7 Å². The fourth-order valence-electron chi connectivity index (χ4n) is 3.62. The molecule has 2 aliphatic heterocycles. The molecule has 2 saturated heterocycles. The minimum Gasteiger partial charge on any atom is -0.472 e. The first-order valence-corrected chi connectivity index (χ1v) is 8.15. The lowest BCUT2D eigenvalue weighted by Gasteiger charge is -2.47. The van der Waals surface area contributed by atoms with Gasteiger partial charge in [-0.05, 0) is 18.9 Å². The third-order valence-corrected chi connectivity index (χ3v) is 4.64. The van der Waals surface area contributed by atoms with Gasteiger partial charge in [-0.1, -0.05) is 5.10 Å². The standard InChI is InChI=1S/C16H22N4O3/c1-13-17-18-15(23-13)20-5-2-4-16(12-20)11-19(6-8-22-16)9-14-3-7-21-10-14/h3,7,10H,2,4-6,8-9,11-12H2,1H3/t16-/m1/s1. The van der Waals surface area contributed by atoms with Crippen LogP contribution in [0.5, 0.6) is 0 Å². The SMILES string of the molecule is Cc1nnc(N2CCC[C@@]3(CN(Cc4ccoc4)CCO3)C2)o1. The van der Waals surface area contributed by atoms with Gasteiger partial charge < -0.3 is 18.5 Å². The van der Waals surface area contributed by atoms with Crippen molar-refractivity contribution in [2.24, 2.45) is 0 Å². The number of ether oxygens (including phenoxy) is 1. The number of anilines is 1. The largest absolute Gasteiger partial charge is 0.472 e. The molecule has 2 aromatic heterocycles. The summed E-state index contributed by atoms with van der Waals surface area (Å²) in [5, 5.41) is 8.10. The van der Waals surface area contributed by atoms with Gasteiger partial charge in [0.1, 0.15) is 0 Å². The van der Waals surface area contributed by atoms with E-state index in [-0.39, 0.29) is 5.60 Å². The summed E-state index contributed by atoms with van der Waals surface area (Å²) in [6.07, 6.45) is 5.68. The van der Waals surface area contributed by atoms with Crippen molar-refractivity contribution >= 4 is 6.01 Å². The smallest absolute Gasteiger partial charge is 0.318 e. The fraction of sp³-hybridized carbons (Fsp3) is 0.625. The van der Waals surface area contributed by atoms with Crippen molar-refractivity contribution in [2.45, 2.75) is 31.9 Å². The molecule has 2 aromatic rings. The lowest BCUT2D eigenvalue weighted by Crippen LogP contribution is -2.59. The highest BCUT2D eigenvalue weighted by atomic mass is 16.5. The molecule has 4 heterocycles. The van der Waals surface area contributed by atoms with Crippen molar-refractivity contribution < 1.29 is 13.6 Å². The molecule has 0 aliphatic carbocycles. The predicted octanol–water partition coefficient (Wildman–Crippen LogP) is 1.84. The summed E-state index contributed by atoms with van der Waals surface area (Å²) >= 11 is 0.